The number of benzene rings is 1. The van der Waals surface area contributed by atoms with Crippen LogP contribution in [0.25, 0.3) is 0 Å². The molecule has 0 aliphatic rings. The number of nitrogens with one attached hydrogen (secondary N) is 1. The summed E-state index contributed by atoms with van der Waals surface area (Å²) in [7, 11) is 0. The van der Waals surface area contributed by atoms with Crippen LogP contribution in [0.4, 0.5) is 0 Å². The lowest BCUT2D eigenvalue weighted by atomic mass is 9.92. The molecule has 20 heavy (non-hydrogen) atoms. The second-order valence-corrected chi connectivity index (χ2v) is 5.05. The summed E-state index contributed by atoms with van der Waals surface area (Å²) in [4.78, 5) is 16.4. The van der Waals surface area contributed by atoms with E-state index < -0.39 is 5.54 Å². The van der Waals surface area contributed by atoms with Gasteiger partial charge in [-0.25, -0.2) is 0 Å². The van der Waals surface area contributed by atoms with Crippen molar-refractivity contribution in [3.05, 3.63) is 66.0 Å². The highest BCUT2D eigenvalue weighted by Crippen LogP contribution is 2.19. The summed E-state index contributed by atoms with van der Waals surface area (Å²) in [5, 5.41) is 2.93. The Hall–Kier alpha value is -2.20. The van der Waals surface area contributed by atoms with Gasteiger partial charge in [-0.2, -0.15) is 0 Å². The van der Waals surface area contributed by atoms with Gasteiger partial charge in [-0.1, -0.05) is 36.4 Å². The van der Waals surface area contributed by atoms with Gasteiger partial charge in [0.15, 0.2) is 0 Å². The van der Waals surface area contributed by atoms with E-state index in [0.29, 0.717) is 0 Å². The number of carbonyl (C=O) groups is 1. The maximum atomic E-state index is 12.4. The van der Waals surface area contributed by atoms with Gasteiger partial charge in [-0.05, 0) is 31.0 Å². The number of nitrogens with two attached hydrogens (primary N) is 1. The highest BCUT2D eigenvalue weighted by atomic mass is 16.2. The molecule has 0 bridgehead atoms. The van der Waals surface area contributed by atoms with Crippen LogP contribution in [-0.2, 0) is 10.3 Å². The molecule has 0 aliphatic carbocycles. The summed E-state index contributed by atoms with van der Waals surface area (Å²) >= 11 is 0. The van der Waals surface area contributed by atoms with Gasteiger partial charge in [-0.15, -0.1) is 0 Å². The zero-order chi connectivity index (χ0) is 14.6. The first-order valence-electron chi connectivity index (χ1n) is 6.57. The van der Waals surface area contributed by atoms with Crippen LogP contribution in [0.1, 0.15) is 31.0 Å². The molecule has 0 saturated heterocycles. The lowest BCUT2D eigenvalue weighted by molar-refractivity contribution is -0.126. The molecular weight excluding hydrogens is 250 g/mol. The van der Waals surface area contributed by atoms with Crippen molar-refractivity contribution in [2.24, 2.45) is 5.73 Å². The number of hydrogen-bond donors (Lipinski definition) is 2. The highest BCUT2D eigenvalue weighted by molar-refractivity contribution is 5.87. The third kappa shape index (κ3) is 3.03. The maximum absolute atomic E-state index is 12.4. The van der Waals surface area contributed by atoms with Crippen LogP contribution in [-0.4, -0.2) is 10.9 Å². The zero-order valence-corrected chi connectivity index (χ0v) is 11.7. The number of pyridine rings is 1. The standard InChI is InChI=1S/C16H19N3O/c1-12(13-7-6-10-18-11-13)19-15(20)16(2,17)14-8-4-3-5-9-14/h3-12H,17H2,1-2H3,(H,19,20)/t12-,16?/m1/s1. The average molecular weight is 269 g/mol. The van der Waals surface area contributed by atoms with E-state index in [-0.39, 0.29) is 11.9 Å². The Kier molecular flexibility index (Phi) is 4.15. The molecule has 1 amide bonds. The fraction of sp³-hybridized carbons (Fsp3) is 0.250. The largest absolute Gasteiger partial charge is 0.348 e. The predicted molar refractivity (Wildman–Crippen MR) is 78.8 cm³/mol. The molecule has 1 aromatic carbocycles. The van der Waals surface area contributed by atoms with Crippen molar-refractivity contribution >= 4 is 5.91 Å². The summed E-state index contributed by atoms with van der Waals surface area (Å²) in [5.74, 6) is -0.208. The van der Waals surface area contributed by atoms with Gasteiger partial charge in [0.1, 0.15) is 5.54 Å². The molecule has 4 heteroatoms. The van der Waals surface area contributed by atoms with Gasteiger partial charge in [0.2, 0.25) is 5.91 Å². The lowest BCUT2D eigenvalue weighted by Crippen LogP contribution is -2.49. The van der Waals surface area contributed by atoms with Crippen LogP contribution < -0.4 is 11.1 Å². The smallest absolute Gasteiger partial charge is 0.244 e. The third-order valence-corrected chi connectivity index (χ3v) is 3.38. The van der Waals surface area contributed by atoms with Crippen molar-refractivity contribution in [1.29, 1.82) is 0 Å². The summed E-state index contributed by atoms with van der Waals surface area (Å²) in [6, 6.07) is 13.0. The minimum atomic E-state index is -1.06. The summed E-state index contributed by atoms with van der Waals surface area (Å²) in [5.41, 5.74) is 6.86. The Morgan fingerprint density at radius 1 is 1.25 bits per heavy atom. The van der Waals surface area contributed by atoms with Crippen molar-refractivity contribution in [2.75, 3.05) is 0 Å². The molecule has 0 radical (unpaired) electrons. The van der Waals surface area contributed by atoms with Gasteiger partial charge >= 0.3 is 0 Å². The molecular formula is C16H19N3O. The van der Waals surface area contributed by atoms with E-state index in [2.05, 4.69) is 10.3 Å². The number of rotatable bonds is 4. The van der Waals surface area contributed by atoms with Crippen LogP contribution >= 0.6 is 0 Å². The van der Waals surface area contributed by atoms with Gasteiger partial charge in [0.25, 0.3) is 0 Å². The lowest BCUT2D eigenvalue weighted by Gasteiger charge is -2.26. The van der Waals surface area contributed by atoms with Gasteiger partial charge in [0.05, 0.1) is 6.04 Å². The topological polar surface area (TPSA) is 68.0 Å². The fourth-order valence-electron chi connectivity index (χ4n) is 1.98. The highest BCUT2D eigenvalue weighted by Gasteiger charge is 2.31. The van der Waals surface area contributed by atoms with Crippen molar-refractivity contribution in [3.63, 3.8) is 0 Å². The second kappa shape index (κ2) is 5.84. The predicted octanol–water partition coefficient (Wildman–Crippen LogP) is 2.13. The SMILES string of the molecule is C[C@@H](NC(=O)C(C)(N)c1ccccc1)c1cccnc1. The van der Waals surface area contributed by atoms with Gasteiger partial charge < -0.3 is 11.1 Å². The Bertz CT molecular complexity index is 567. The Labute approximate surface area is 119 Å². The van der Waals surface area contributed by atoms with Crippen LogP contribution in [0.3, 0.4) is 0 Å². The van der Waals surface area contributed by atoms with Crippen molar-refractivity contribution < 1.29 is 4.79 Å². The minimum absolute atomic E-state index is 0.136. The molecule has 1 unspecified atom stereocenters. The van der Waals surface area contributed by atoms with E-state index in [4.69, 9.17) is 5.73 Å². The number of hydrogen-bond acceptors (Lipinski definition) is 3. The van der Waals surface area contributed by atoms with Crippen molar-refractivity contribution in [3.8, 4) is 0 Å². The summed E-state index contributed by atoms with van der Waals surface area (Å²) < 4.78 is 0. The molecule has 0 saturated carbocycles. The fourth-order valence-corrected chi connectivity index (χ4v) is 1.98. The minimum Gasteiger partial charge on any atom is -0.348 e. The van der Waals surface area contributed by atoms with Crippen LogP contribution in [0.5, 0.6) is 0 Å². The first-order chi connectivity index (χ1) is 9.51. The number of aromatic nitrogens is 1. The summed E-state index contributed by atoms with van der Waals surface area (Å²) in [6.07, 6.45) is 3.44. The number of carbonyl (C=O) groups excluding carboxylic acids is 1. The van der Waals surface area contributed by atoms with E-state index in [0.717, 1.165) is 11.1 Å². The normalized spacial score (nSPS) is 15.2. The molecule has 2 atom stereocenters. The van der Waals surface area contributed by atoms with E-state index in [1.807, 2.05) is 49.4 Å². The average Bonchev–Trinajstić information content (AvgIpc) is 2.49. The molecule has 0 aliphatic heterocycles. The van der Waals surface area contributed by atoms with E-state index in [1.165, 1.54) is 0 Å². The molecule has 4 nitrogen and oxygen atoms in total. The first-order valence-corrected chi connectivity index (χ1v) is 6.57. The second-order valence-electron chi connectivity index (χ2n) is 5.05. The number of nitrogens with zero attached hydrogens (tertiary/aromatic N) is 1. The molecule has 3 N–H and O–H groups in total. The Morgan fingerprint density at radius 2 is 1.95 bits per heavy atom. The van der Waals surface area contributed by atoms with Gasteiger partial charge in [-0.3, -0.25) is 9.78 Å². The molecule has 2 aromatic rings. The van der Waals surface area contributed by atoms with Crippen molar-refractivity contribution in [2.45, 2.75) is 25.4 Å². The van der Waals surface area contributed by atoms with E-state index in [9.17, 15) is 4.79 Å². The third-order valence-electron chi connectivity index (χ3n) is 3.38. The van der Waals surface area contributed by atoms with Crippen molar-refractivity contribution in [1.82, 2.24) is 10.3 Å². The van der Waals surface area contributed by atoms with E-state index >= 15 is 0 Å². The molecule has 1 heterocycles. The van der Waals surface area contributed by atoms with Gasteiger partial charge in [0, 0.05) is 12.4 Å². The molecule has 0 fully saturated rings. The first kappa shape index (κ1) is 14.2. The zero-order valence-electron chi connectivity index (χ0n) is 11.7. The molecule has 1 aromatic heterocycles. The van der Waals surface area contributed by atoms with E-state index in [1.54, 1.807) is 19.3 Å². The van der Waals surface area contributed by atoms with Crippen LogP contribution in [0.15, 0.2) is 54.9 Å². The Balaban J connectivity index is 2.12. The number of amides is 1. The quantitative estimate of drug-likeness (QED) is 0.893. The molecule has 104 valence electrons. The molecule has 0 spiro atoms. The van der Waals surface area contributed by atoms with Crippen LogP contribution in [0.2, 0.25) is 0 Å². The molecule has 2 rings (SSSR count). The monoisotopic (exact) mass is 269 g/mol. The van der Waals surface area contributed by atoms with Crippen LogP contribution in [0, 0.1) is 0 Å². The summed E-state index contributed by atoms with van der Waals surface area (Å²) in [6.45, 7) is 3.63. The maximum Gasteiger partial charge on any atom is 0.244 e. The Morgan fingerprint density at radius 3 is 2.55 bits per heavy atom.